The Morgan fingerprint density at radius 3 is 2.18 bits per heavy atom. The quantitative estimate of drug-likeness (QED) is 0.836. The third-order valence-corrected chi connectivity index (χ3v) is 9.28. The van der Waals surface area contributed by atoms with Crippen LogP contribution >= 0.6 is 0 Å². The van der Waals surface area contributed by atoms with Crippen LogP contribution in [0.25, 0.3) is 0 Å². The smallest absolute Gasteiger partial charge is 0.243 e. The van der Waals surface area contributed by atoms with Crippen LogP contribution in [0.3, 0.4) is 0 Å². The lowest BCUT2D eigenvalue weighted by Gasteiger charge is -2.57. The molecule has 28 heavy (non-hydrogen) atoms. The minimum atomic E-state index is -3.81. The molecule has 5 aliphatic rings. The van der Waals surface area contributed by atoms with E-state index in [1.54, 1.807) is 0 Å². The second-order valence-electron chi connectivity index (χ2n) is 9.41. The van der Waals surface area contributed by atoms with Crippen molar-refractivity contribution in [3.05, 3.63) is 30.1 Å². The minimum Gasteiger partial charge on any atom is -0.349 e. The first-order chi connectivity index (χ1) is 13.3. The van der Waals surface area contributed by atoms with Crippen LogP contribution in [-0.4, -0.2) is 36.8 Å². The van der Waals surface area contributed by atoms with Crippen LogP contribution in [0.1, 0.15) is 51.4 Å². The van der Waals surface area contributed by atoms with Crippen LogP contribution < -0.4 is 5.32 Å². The lowest BCUT2D eigenvalue weighted by molar-refractivity contribution is -0.130. The number of nitrogens with one attached hydrogen (secondary N) is 1. The first kappa shape index (κ1) is 18.6. The van der Waals surface area contributed by atoms with Gasteiger partial charge in [0.25, 0.3) is 0 Å². The maximum atomic E-state index is 13.2. The number of rotatable bonds is 4. The standard InChI is InChI=1S/C21H27FN2O3S/c22-17-3-5-18(6-4-17)28(26,27)24-7-1-2-19(24)20(25)23-21-11-14-8-15(12-21)10-16(9-14)13-21/h3-6,14-16,19H,1-2,7-13H2,(H,23,25)/t14?,15?,16?,19-,21?/m0/s1. The Kier molecular flexibility index (Phi) is 4.32. The summed E-state index contributed by atoms with van der Waals surface area (Å²) in [6, 6.07) is 4.18. The van der Waals surface area contributed by atoms with Gasteiger partial charge in [0.15, 0.2) is 0 Å². The predicted octanol–water partition coefficient (Wildman–Crippen LogP) is 3.06. The van der Waals surface area contributed by atoms with Crippen molar-refractivity contribution in [2.24, 2.45) is 17.8 Å². The molecule has 1 saturated heterocycles. The second kappa shape index (κ2) is 6.52. The van der Waals surface area contributed by atoms with Crippen LogP contribution in [0.2, 0.25) is 0 Å². The summed E-state index contributed by atoms with van der Waals surface area (Å²) >= 11 is 0. The molecule has 1 aromatic carbocycles. The fourth-order valence-corrected chi connectivity index (χ4v) is 8.30. The van der Waals surface area contributed by atoms with E-state index in [1.807, 2.05) is 0 Å². The third kappa shape index (κ3) is 3.07. The number of hydrogen-bond acceptors (Lipinski definition) is 3. The molecule has 5 nitrogen and oxygen atoms in total. The summed E-state index contributed by atoms with van der Waals surface area (Å²) in [5, 5.41) is 3.32. The lowest BCUT2D eigenvalue weighted by Crippen LogP contribution is -2.62. The van der Waals surface area contributed by atoms with Gasteiger partial charge in [0.1, 0.15) is 11.9 Å². The molecule has 1 amide bonds. The molecule has 152 valence electrons. The highest BCUT2D eigenvalue weighted by Gasteiger charge is 2.52. The third-order valence-electron chi connectivity index (χ3n) is 7.35. The lowest BCUT2D eigenvalue weighted by atomic mass is 9.53. The van der Waals surface area contributed by atoms with Crippen molar-refractivity contribution >= 4 is 15.9 Å². The summed E-state index contributed by atoms with van der Waals surface area (Å²) in [6.45, 7) is 0.332. The molecule has 1 N–H and O–H groups in total. The van der Waals surface area contributed by atoms with Gasteiger partial charge in [-0.1, -0.05) is 0 Å². The van der Waals surface area contributed by atoms with Crippen molar-refractivity contribution < 1.29 is 17.6 Å². The summed E-state index contributed by atoms with van der Waals surface area (Å²) in [6.07, 6.45) is 8.22. The maximum absolute atomic E-state index is 13.2. The van der Waals surface area contributed by atoms with E-state index >= 15 is 0 Å². The van der Waals surface area contributed by atoms with Crippen LogP contribution in [-0.2, 0) is 14.8 Å². The number of nitrogens with zero attached hydrogens (tertiary/aromatic N) is 1. The molecule has 1 aliphatic heterocycles. The van der Waals surface area contributed by atoms with Crippen molar-refractivity contribution in [3.8, 4) is 0 Å². The minimum absolute atomic E-state index is 0.0448. The summed E-state index contributed by atoms with van der Waals surface area (Å²) in [5.74, 6) is 1.53. The Labute approximate surface area is 165 Å². The summed E-state index contributed by atoms with van der Waals surface area (Å²) < 4.78 is 40.6. The van der Waals surface area contributed by atoms with E-state index in [1.165, 1.54) is 35.7 Å². The molecule has 1 aromatic rings. The second-order valence-corrected chi connectivity index (χ2v) is 11.3. The summed E-state index contributed by atoms with van der Waals surface area (Å²) in [5.41, 5.74) is -0.125. The number of hydrogen-bond donors (Lipinski definition) is 1. The number of amides is 1. The van der Waals surface area contributed by atoms with Gasteiger partial charge in [-0.2, -0.15) is 4.31 Å². The average molecular weight is 407 g/mol. The molecule has 6 rings (SSSR count). The molecule has 0 radical (unpaired) electrons. The number of halogens is 1. The average Bonchev–Trinajstić information content (AvgIpc) is 3.11. The van der Waals surface area contributed by atoms with Gasteiger partial charge in [0.05, 0.1) is 4.90 Å². The van der Waals surface area contributed by atoms with E-state index in [4.69, 9.17) is 0 Å². The van der Waals surface area contributed by atoms with Gasteiger partial charge in [0.2, 0.25) is 15.9 Å². The van der Waals surface area contributed by atoms with Crippen LogP contribution in [0.4, 0.5) is 4.39 Å². The zero-order valence-electron chi connectivity index (χ0n) is 15.9. The van der Waals surface area contributed by atoms with Crippen LogP contribution in [0.5, 0.6) is 0 Å². The van der Waals surface area contributed by atoms with E-state index in [0.717, 1.165) is 31.4 Å². The van der Waals surface area contributed by atoms with E-state index in [9.17, 15) is 17.6 Å². The molecule has 0 aromatic heterocycles. The number of benzene rings is 1. The molecule has 0 spiro atoms. The molecule has 5 fully saturated rings. The first-order valence-electron chi connectivity index (χ1n) is 10.4. The number of carbonyl (C=O) groups excluding carboxylic acids is 1. The Balaban J connectivity index is 1.35. The van der Waals surface area contributed by atoms with Crippen molar-refractivity contribution in [3.63, 3.8) is 0 Å². The molecule has 4 saturated carbocycles. The monoisotopic (exact) mass is 406 g/mol. The highest BCUT2D eigenvalue weighted by Crippen LogP contribution is 2.55. The zero-order chi connectivity index (χ0) is 19.5. The van der Waals surface area contributed by atoms with Crippen molar-refractivity contribution in [1.29, 1.82) is 0 Å². The molecule has 7 heteroatoms. The maximum Gasteiger partial charge on any atom is 0.243 e. The highest BCUT2D eigenvalue weighted by molar-refractivity contribution is 7.89. The van der Waals surface area contributed by atoms with Gasteiger partial charge < -0.3 is 5.32 Å². The molecule has 4 bridgehead atoms. The molecular formula is C21H27FN2O3S. The highest BCUT2D eigenvalue weighted by atomic mass is 32.2. The zero-order valence-corrected chi connectivity index (χ0v) is 16.8. The summed E-state index contributed by atoms with van der Waals surface area (Å²) in [7, 11) is -3.81. The molecule has 1 heterocycles. The van der Waals surface area contributed by atoms with Crippen molar-refractivity contribution in [2.75, 3.05) is 6.54 Å². The Hall–Kier alpha value is -1.47. The van der Waals surface area contributed by atoms with Crippen molar-refractivity contribution in [1.82, 2.24) is 9.62 Å². The Morgan fingerprint density at radius 1 is 1.04 bits per heavy atom. The topological polar surface area (TPSA) is 66.5 Å². The van der Waals surface area contributed by atoms with E-state index in [-0.39, 0.29) is 16.3 Å². The Bertz CT molecular complexity index is 848. The van der Waals surface area contributed by atoms with Gasteiger partial charge in [-0.15, -0.1) is 0 Å². The van der Waals surface area contributed by atoms with Gasteiger partial charge in [0, 0.05) is 12.1 Å². The fourth-order valence-electron chi connectivity index (χ4n) is 6.64. The predicted molar refractivity (Wildman–Crippen MR) is 102 cm³/mol. The van der Waals surface area contributed by atoms with Crippen molar-refractivity contribution in [2.45, 2.75) is 67.8 Å². The van der Waals surface area contributed by atoms with E-state index < -0.39 is 21.9 Å². The van der Waals surface area contributed by atoms with Gasteiger partial charge in [-0.25, -0.2) is 12.8 Å². The molecule has 4 aliphatic carbocycles. The molecule has 0 unspecified atom stereocenters. The van der Waals surface area contributed by atoms with E-state index in [2.05, 4.69) is 5.32 Å². The fraction of sp³-hybridized carbons (Fsp3) is 0.667. The SMILES string of the molecule is O=C(NC12CC3CC(CC(C3)C1)C2)[C@@H]1CCCN1S(=O)(=O)c1ccc(F)cc1. The largest absolute Gasteiger partial charge is 0.349 e. The first-order valence-corrected chi connectivity index (χ1v) is 11.9. The normalized spacial score (nSPS) is 37.3. The van der Waals surface area contributed by atoms with Gasteiger partial charge in [-0.3, -0.25) is 4.79 Å². The Morgan fingerprint density at radius 2 is 1.61 bits per heavy atom. The summed E-state index contributed by atoms with van der Waals surface area (Å²) in [4.78, 5) is 13.2. The number of sulfonamides is 1. The van der Waals surface area contributed by atoms with Crippen LogP contribution in [0.15, 0.2) is 29.2 Å². The van der Waals surface area contributed by atoms with Gasteiger partial charge in [-0.05, 0) is 93.4 Å². The van der Waals surface area contributed by atoms with Gasteiger partial charge >= 0.3 is 0 Å². The van der Waals surface area contributed by atoms with E-state index in [0.29, 0.717) is 37.1 Å². The van der Waals surface area contributed by atoms with Crippen LogP contribution in [0, 0.1) is 23.6 Å². The molecule has 1 atom stereocenters. The number of carbonyl (C=O) groups is 1. The molecular weight excluding hydrogens is 379 g/mol.